The van der Waals surface area contributed by atoms with Crippen molar-refractivity contribution in [3.63, 3.8) is 0 Å². The molecule has 0 bridgehead atoms. The molecule has 0 saturated carbocycles. The Hall–Kier alpha value is -1.56. The summed E-state index contributed by atoms with van der Waals surface area (Å²) >= 11 is 12.3. The molecule has 2 aromatic rings. The molecule has 1 aromatic carbocycles. The van der Waals surface area contributed by atoms with Gasteiger partial charge in [-0.3, -0.25) is 0 Å². The van der Waals surface area contributed by atoms with Gasteiger partial charge >= 0.3 is 0 Å². The van der Waals surface area contributed by atoms with Crippen LogP contribution < -0.4 is 4.90 Å². The monoisotopic (exact) mass is 379 g/mol. The van der Waals surface area contributed by atoms with E-state index in [1.807, 2.05) is 0 Å². The fourth-order valence-electron chi connectivity index (χ4n) is 3.69. The molecule has 1 aromatic heterocycles. The molecule has 0 unspecified atom stereocenters. The average Bonchev–Trinajstić information content (AvgIpc) is 3.06. The number of rotatable bonds is 2. The number of hydrogen-bond donors (Lipinski definition) is 1. The summed E-state index contributed by atoms with van der Waals surface area (Å²) in [5, 5.41) is 11.1. The second-order valence-electron chi connectivity index (χ2n) is 6.62. The van der Waals surface area contributed by atoms with Crippen LogP contribution in [0.15, 0.2) is 24.4 Å². The van der Waals surface area contributed by atoms with Crippen LogP contribution in [-0.2, 0) is 4.74 Å². The summed E-state index contributed by atoms with van der Waals surface area (Å²) in [6.07, 6.45) is 5.94. The molecule has 2 aliphatic rings. The third kappa shape index (κ3) is 3.16. The third-order valence-corrected chi connectivity index (χ3v) is 5.95. The molecule has 0 radical (unpaired) electrons. The highest BCUT2D eigenvalue weighted by atomic mass is 35.5. The lowest BCUT2D eigenvalue weighted by Crippen LogP contribution is -2.44. The van der Waals surface area contributed by atoms with Gasteiger partial charge in [-0.05, 0) is 31.7 Å². The molecule has 0 atom stereocenters. The van der Waals surface area contributed by atoms with Crippen molar-refractivity contribution < 1.29 is 9.84 Å². The number of aromatic nitrogens is 2. The number of benzene rings is 1. The zero-order valence-electron chi connectivity index (χ0n) is 13.7. The number of aromatic hydroxyl groups is 1. The maximum absolute atomic E-state index is 10.4. The second kappa shape index (κ2) is 6.63. The summed E-state index contributed by atoms with van der Waals surface area (Å²) in [4.78, 5) is 10.9. The Morgan fingerprint density at radius 3 is 2.64 bits per heavy atom. The van der Waals surface area contributed by atoms with Crippen molar-refractivity contribution in [1.29, 1.82) is 0 Å². The van der Waals surface area contributed by atoms with Gasteiger partial charge in [-0.25, -0.2) is 4.98 Å². The Labute approximate surface area is 156 Å². The van der Waals surface area contributed by atoms with E-state index >= 15 is 0 Å². The molecular weight excluding hydrogens is 361 g/mol. The second-order valence-corrected chi connectivity index (χ2v) is 7.41. The Morgan fingerprint density at radius 1 is 1.16 bits per heavy atom. The molecule has 5 nitrogen and oxygen atoms in total. The van der Waals surface area contributed by atoms with Crippen LogP contribution in [0.3, 0.4) is 0 Å². The lowest BCUT2D eigenvalue weighted by atomic mass is 9.89. The SMILES string of the molecule is Oc1nc(N2CCC3(CCCO3)CC2)cnc1-c1cccc(Cl)c1Cl. The molecule has 2 fully saturated rings. The number of ether oxygens (including phenoxy) is 1. The van der Waals surface area contributed by atoms with E-state index in [1.54, 1.807) is 24.4 Å². The highest BCUT2D eigenvalue weighted by Gasteiger charge is 2.38. The van der Waals surface area contributed by atoms with Crippen molar-refractivity contribution in [2.24, 2.45) is 0 Å². The Kier molecular flexibility index (Phi) is 4.48. The van der Waals surface area contributed by atoms with Gasteiger partial charge in [0.1, 0.15) is 5.69 Å². The van der Waals surface area contributed by atoms with Crippen LogP contribution in [0.1, 0.15) is 25.7 Å². The maximum Gasteiger partial charge on any atom is 0.240 e. The van der Waals surface area contributed by atoms with Crippen LogP contribution in [-0.4, -0.2) is 40.4 Å². The molecule has 132 valence electrons. The number of anilines is 1. The number of hydrogen-bond acceptors (Lipinski definition) is 5. The van der Waals surface area contributed by atoms with Crippen LogP contribution in [0, 0.1) is 0 Å². The molecule has 0 amide bonds. The highest BCUT2D eigenvalue weighted by molar-refractivity contribution is 6.43. The van der Waals surface area contributed by atoms with E-state index in [0.717, 1.165) is 45.4 Å². The smallest absolute Gasteiger partial charge is 0.240 e. The summed E-state index contributed by atoms with van der Waals surface area (Å²) in [6, 6.07) is 5.23. The van der Waals surface area contributed by atoms with Gasteiger partial charge in [0.2, 0.25) is 5.88 Å². The van der Waals surface area contributed by atoms with Gasteiger partial charge in [-0.15, -0.1) is 0 Å². The van der Waals surface area contributed by atoms with Gasteiger partial charge < -0.3 is 14.7 Å². The number of nitrogens with zero attached hydrogens (tertiary/aromatic N) is 3. The minimum atomic E-state index is -0.140. The van der Waals surface area contributed by atoms with Crippen molar-refractivity contribution in [3.05, 3.63) is 34.4 Å². The maximum atomic E-state index is 10.4. The van der Waals surface area contributed by atoms with Gasteiger partial charge in [0, 0.05) is 25.3 Å². The molecule has 2 aliphatic heterocycles. The fraction of sp³-hybridized carbons (Fsp3) is 0.444. The summed E-state index contributed by atoms with van der Waals surface area (Å²) in [5.41, 5.74) is 0.965. The molecule has 25 heavy (non-hydrogen) atoms. The van der Waals surface area contributed by atoms with Crippen LogP contribution >= 0.6 is 23.2 Å². The third-order valence-electron chi connectivity index (χ3n) is 5.13. The van der Waals surface area contributed by atoms with Crippen LogP contribution in [0.4, 0.5) is 5.82 Å². The summed E-state index contributed by atoms with van der Waals surface area (Å²) in [7, 11) is 0. The van der Waals surface area contributed by atoms with Gasteiger partial charge in [-0.1, -0.05) is 35.3 Å². The molecule has 4 rings (SSSR count). The lowest BCUT2D eigenvalue weighted by molar-refractivity contribution is -0.0147. The number of halogens is 2. The van der Waals surface area contributed by atoms with Gasteiger partial charge in [0.15, 0.2) is 5.82 Å². The highest BCUT2D eigenvalue weighted by Crippen LogP contribution is 2.38. The lowest BCUT2D eigenvalue weighted by Gasteiger charge is -2.39. The zero-order chi connectivity index (χ0) is 17.4. The van der Waals surface area contributed by atoms with Crippen LogP contribution in [0.5, 0.6) is 5.88 Å². The summed E-state index contributed by atoms with van der Waals surface area (Å²) < 4.78 is 5.95. The average molecular weight is 380 g/mol. The van der Waals surface area contributed by atoms with Crippen molar-refractivity contribution >= 4 is 29.0 Å². The molecule has 1 spiro atoms. The van der Waals surface area contributed by atoms with Gasteiger partial charge in [-0.2, -0.15) is 4.98 Å². The van der Waals surface area contributed by atoms with Gasteiger partial charge in [0.25, 0.3) is 0 Å². The molecule has 3 heterocycles. The molecule has 7 heteroatoms. The fourth-order valence-corrected chi connectivity index (χ4v) is 4.08. The van der Waals surface area contributed by atoms with E-state index in [-0.39, 0.29) is 11.5 Å². The number of piperidine rings is 1. The van der Waals surface area contributed by atoms with Gasteiger partial charge in [0.05, 0.1) is 21.8 Å². The van der Waals surface area contributed by atoms with Crippen LogP contribution in [0.2, 0.25) is 10.0 Å². The first-order valence-electron chi connectivity index (χ1n) is 8.47. The van der Waals surface area contributed by atoms with E-state index < -0.39 is 0 Å². The topological polar surface area (TPSA) is 58.5 Å². The first-order valence-corrected chi connectivity index (χ1v) is 9.23. The van der Waals surface area contributed by atoms with Crippen molar-refractivity contribution in [1.82, 2.24) is 9.97 Å². The van der Waals surface area contributed by atoms with E-state index in [9.17, 15) is 5.11 Å². The normalized spacial score (nSPS) is 19.5. The predicted molar refractivity (Wildman–Crippen MR) is 98.5 cm³/mol. The minimum absolute atomic E-state index is 0.0558. The summed E-state index contributed by atoms with van der Waals surface area (Å²) in [5.74, 6) is 0.534. The van der Waals surface area contributed by atoms with E-state index in [4.69, 9.17) is 27.9 Å². The van der Waals surface area contributed by atoms with E-state index in [0.29, 0.717) is 27.1 Å². The van der Waals surface area contributed by atoms with E-state index in [1.165, 1.54) is 0 Å². The first kappa shape index (κ1) is 16.9. The Balaban J connectivity index is 1.55. The zero-order valence-corrected chi connectivity index (χ0v) is 15.2. The predicted octanol–water partition coefficient (Wildman–Crippen LogP) is 4.31. The van der Waals surface area contributed by atoms with Crippen molar-refractivity contribution in [2.45, 2.75) is 31.3 Å². The standard InChI is InChI=1S/C18H19Cl2N3O2/c19-13-4-1-3-12(15(13)20)16-17(24)22-14(11-21-16)23-8-6-18(7-9-23)5-2-10-25-18/h1,3-4,11H,2,5-10H2,(H,22,24). The van der Waals surface area contributed by atoms with Crippen molar-refractivity contribution in [2.75, 3.05) is 24.6 Å². The summed E-state index contributed by atoms with van der Waals surface area (Å²) in [6.45, 7) is 2.58. The molecule has 0 aliphatic carbocycles. The Bertz CT molecular complexity index is 784. The van der Waals surface area contributed by atoms with Crippen LogP contribution in [0.25, 0.3) is 11.3 Å². The molecular formula is C18H19Cl2N3O2. The van der Waals surface area contributed by atoms with Crippen molar-refractivity contribution in [3.8, 4) is 17.1 Å². The first-order chi connectivity index (χ1) is 12.1. The Morgan fingerprint density at radius 2 is 1.96 bits per heavy atom. The molecule has 1 N–H and O–H groups in total. The largest absolute Gasteiger partial charge is 0.492 e. The quantitative estimate of drug-likeness (QED) is 0.842. The minimum Gasteiger partial charge on any atom is -0.492 e. The molecule has 2 saturated heterocycles. The van der Waals surface area contributed by atoms with E-state index in [2.05, 4.69) is 14.9 Å².